The van der Waals surface area contributed by atoms with Crippen LogP contribution in [-0.2, 0) is 15.9 Å². The molecule has 0 amide bonds. The van der Waals surface area contributed by atoms with E-state index in [9.17, 15) is 8.42 Å². The van der Waals surface area contributed by atoms with Crippen molar-refractivity contribution in [1.29, 1.82) is 0 Å². The molecule has 0 aliphatic carbocycles. The van der Waals surface area contributed by atoms with E-state index >= 15 is 0 Å². The second-order valence-electron chi connectivity index (χ2n) is 4.71. The maximum Gasteiger partial charge on any atom is 0.240 e. The molecule has 1 aromatic rings. The van der Waals surface area contributed by atoms with Gasteiger partial charge in [-0.25, -0.2) is 13.1 Å². The molecular formula is C13H21ClN2O2S. The number of nitrogens with zero attached hydrogens (tertiary/aromatic N) is 1. The van der Waals surface area contributed by atoms with Crippen molar-refractivity contribution in [2.75, 3.05) is 20.1 Å². The van der Waals surface area contributed by atoms with Crippen molar-refractivity contribution in [1.82, 2.24) is 9.62 Å². The van der Waals surface area contributed by atoms with Gasteiger partial charge in [-0.05, 0) is 32.5 Å². The van der Waals surface area contributed by atoms with Gasteiger partial charge in [-0.15, -0.1) is 11.6 Å². The number of benzene rings is 1. The van der Waals surface area contributed by atoms with Gasteiger partial charge in [-0.1, -0.05) is 18.2 Å². The summed E-state index contributed by atoms with van der Waals surface area (Å²) in [5, 5.41) is 0. The highest BCUT2D eigenvalue weighted by Gasteiger charge is 2.17. The number of likely N-dealkylation sites (N-methyl/N-ethyl adjacent to an activating group) is 1. The molecule has 0 atom stereocenters. The van der Waals surface area contributed by atoms with Gasteiger partial charge in [-0.2, -0.15) is 0 Å². The van der Waals surface area contributed by atoms with Crippen molar-refractivity contribution in [3.05, 3.63) is 29.8 Å². The van der Waals surface area contributed by atoms with Crippen LogP contribution in [0.3, 0.4) is 0 Å². The summed E-state index contributed by atoms with van der Waals surface area (Å²) in [6, 6.07) is 7.17. The third-order valence-corrected chi connectivity index (χ3v) is 4.89. The lowest BCUT2D eigenvalue weighted by Crippen LogP contribution is -2.36. The molecule has 108 valence electrons. The number of rotatable bonds is 7. The summed E-state index contributed by atoms with van der Waals surface area (Å²) in [5.74, 6) is 0.184. The molecule has 1 rings (SSSR count). The first-order valence-corrected chi connectivity index (χ1v) is 8.24. The molecule has 4 nitrogen and oxygen atoms in total. The molecular weight excluding hydrogens is 284 g/mol. The first-order chi connectivity index (χ1) is 8.88. The van der Waals surface area contributed by atoms with Crippen LogP contribution in [0.2, 0.25) is 0 Å². The lowest BCUT2D eigenvalue weighted by Gasteiger charge is -2.21. The number of hydrogen-bond donors (Lipinski definition) is 1. The van der Waals surface area contributed by atoms with Gasteiger partial charge < -0.3 is 4.90 Å². The molecule has 6 heteroatoms. The molecule has 0 heterocycles. The van der Waals surface area contributed by atoms with E-state index in [1.54, 1.807) is 24.3 Å². The molecule has 0 fully saturated rings. The number of alkyl halides is 1. The Morgan fingerprint density at radius 1 is 1.32 bits per heavy atom. The normalized spacial score (nSPS) is 12.3. The van der Waals surface area contributed by atoms with Crippen molar-refractivity contribution in [2.45, 2.75) is 30.7 Å². The van der Waals surface area contributed by atoms with E-state index in [2.05, 4.69) is 23.5 Å². The summed E-state index contributed by atoms with van der Waals surface area (Å²) in [5.41, 5.74) is 0.619. The van der Waals surface area contributed by atoms with Crippen LogP contribution in [0.5, 0.6) is 0 Å². The lowest BCUT2D eigenvalue weighted by molar-refractivity contribution is 0.278. The maximum absolute atomic E-state index is 12.2. The van der Waals surface area contributed by atoms with E-state index in [0.29, 0.717) is 24.7 Å². The monoisotopic (exact) mass is 304 g/mol. The van der Waals surface area contributed by atoms with Gasteiger partial charge in [0.15, 0.2) is 0 Å². The molecule has 0 aromatic heterocycles. The minimum atomic E-state index is -3.49. The van der Waals surface area contributed by atoms with Crippen LogP contribution in [0.1, 0.15) is 19.4 Å². The minimum absolute atomic E-state index is 0.184. The summed E-state index contributed by atoms with van der Waals surface area (Å²) in [7, 11) is -1.52. The summed E-state index contributed by atoms with van der Waals surface area (Å²) < 4.78 is 27.0. The third-order valence-electron chi connectivity index (χ3n) is 3.04. The van der Waals surface area contributed by atoms with E-state index in [1.165, 1.54) is 0 Å². The van der Waals surface area contributed by atoms with Crippen molar-refractivity contribution < 1.29 is 8.42 Å². The summed E-state index contributed by atoms with van der Waals surface area (Å²) >= 11 is 5.76. The Hall–Kier alpha value is -0.620. The molecule has 0 aliphatic rings. The van der Waals surface area contributed by atoms with Crippen LogP contribution in [0.25, 0.3) is 0 Å². The van der Waals surface area contributed by atoms with Crippen molar-refractivity contribution in [3.63, 3.8) is 0 Å². The average Bonchev–Trinajstić information content (AvgIpc) is 2.38. The van der Waals surface area contributed by atoms with Crippen LogP contribution in [-0.4, -0.2) is 39.5 Å². The van der Waals surface area contributed by atoms with Gasteiger partial charge in [0.2, 0.25) is 10.0 Å². The van der Waals surface area contributed by atoms with Crippen LogP contribution in [0.4, 0.5) is 0 Å². The first kappa shape index (κ1) is 16.4. The van der Waals surface area contributed by atoms with Gasteiger partial charge >= 0.3 is 0 Å². The number of nitrogens with one attached hydrogen (secondary N) is 1. The molecule has 0 unspecified atom stereocenters. The lowest BCUT2D eigenvalue weighted by atomic mass is 10.2. The number of hydrogen-bond acceptors (Lipinski definition) is 3. The zero-order valence-electron chi connectivity index (χ0n) is 11.6. The standard InChI is InChI=1S/C13H21ClN2O2S/c1-11(2)16(3)9-8-15-19(17,18)13-7-5-4-6-12(13)10-14/h4-7,11,15H,8-10H2,1-3H3. The summed E-state index contributed by atoms with van der Waals surface area (Å²) in [6.45, 7) is 5.18. The van der Waals surface area contributed by atoms with Gasteiger partial charge in [0.25, 0.3) is 0 Å². The fourth-order valence-electron chi connectivity index (χ4n) is 1.57. The van der Waals surface area contributed by atoms with Crippen molar-refractivity contribution in [3.8, 4) is 0 Å². The first-order valence-electron chi connectivity index (χ1n) is 6.22. The minimum Gasteiger partial charge on any atom is -0.303 e. The quantitative estimate of drug-likeness (QED) is 0.784. The highest BCUT2D eigenvalue weighted by Crippen LogP contribution is 2.16. The smallest absolute Gasteiger partial charge is 0.240 e. The molecule has 0 bridgehead atoms. The van der Waals surface area contributed by atoms with Crippen LogP contribution in [0, 0.1) is 0 Å². The highest BCUT2D eigenvalue weighted by molar-refractivity contribution is 7.89. The summed E-state index contributed by atoms with van der Waals surface area (Å²) in [6.07, 6.45) is 0. The number of sulfonamides is 1. The number of halogens is 1. The molecule has 0 saturated carbocycles. The average molecular weight is 305 g/mol. The zero-order chi connectivity index (χ0) is 14.5. The Bertz CT molecular complexity index is 503. The van der Waals surface area contributed by atoms with Gasteiger partial charge in [0, 0.05) is 25.0 Å². The second kappa shape index (κ2) is 7.24. The zero-order valence-corrected chi connectivity index (χ0v) is 13.1. The van der Waals surface area contributed by atoms with Gasteiger partial charge in [-0.3, -0.25) is 0 Å². The Kier molecular flexibility index (Phi) is 6.26. The topological polar surface area (TPSA) is 49.4 Å². The molecule has 1 N–H and O–H groups in total. The maximum atomic E-state index is 12.2. The Balaban J connectivity index is 2.71. The van der Waals surface area contributed by atoms with Crippen LogP contribution >= 0.6 is 11.6 Å². The fraction of sp³-hybridized carbons (Fsp3) is 0.538. The Morgan fingerprint density at radius 2 is 1.95 bits per heavy atom. The SMILES string of the molecule is CC(C)N(C)CCNS(=O)(=O)c1ccccc1CCl. The van der Waals surface area contributed by atoms with Crippen molar-refractivity contribution in [2.24, 2.45) is 0 Å². The molecule has 0 aliphatic heterocycles. The van der Waals surface area contributed by atoms with Crippen molar-refractivity contribution >= 4 is 21.6 Å². The third kappa shape index (κ3) is 4.76. The molecule has 19 heavy (non-hydrogen) atoms. The van der Waals surface area contributed by atoms with E-state index in [-0.39, 0.29) is 10.8 Å². The van der Waals surface area contributed by atoms with Gasteiger partial charge in [0.1, 0.15) is 0 Å². The van der Waals surface area contributed by atoms with Gasteiger partial charge in [0.05, 0.1) is 4.90 Å². The largest absolute Gasteiger partial charge is 0.303 e. The van der Waals surface area contributed by atoms with Crippen LogP contribution < -0.4 is 4.72 Å². The predicted molar refractivity (Wildman–Crippen MR) is 79.0 cm³/mol. The van der Waals surface area contributed by atoms with E-state index < -0.39 is 10.0 Å². The highest BCUT2D eigenvalue weighted by atomic mass is 35.5. The molecule has 0 spiro atoms. The van der Waals surface area contributed by atoms with E-state index in [0.717, 1.165) is 0 Å². The van der Waals surface area contributed by atoms with E-state index in [4.69, 9.17) is 11.6 Å². The molecule has 1 aromatic carbocycles. The molecule has 0 radical (unpaired) electrons. The second-order valence-corrected chi connectivity index (χ2v) is 6.72. The summed E-state index contributed by atoms with van der Waals surface area (Å²) in [4.78, 5) is 2.34. The van der Waals surface area contributed by atoms with Crippen LogP contribution in [0.15, 0.2) is 29.2 Å². The van der Waals surface area contributed by atoms with E-state index in [1.807, 2.05) is 7.05 Å². The predicted octanol–water partition coefficient (Wildman–Crippen LogP) is 2.04. The molecule has 0 saturated heterocycles. The Morgan fingerprint density at radius 3 is 2.53 bits per heavy atom. The fourth-order valence-corrected chi connectivity index (χ4v) is 3.14. The Labute approximate surface area is 120 Å².